The number of thiophene rings is 1. The molecule has 2 rings (SSSR count). The molecular weight excluding hydrogens is 270 g/mol. The van der Waals surface area contributed by atoms with Crippen molar-refractivity contribution in [1.82, 2.24) is 0 Å². The third-order valence-electron chi connectivity index (χ3n) is 3.17. The van der Waals surface area contributed by atoms with E-state index in [0.717, 1.165) is 16.9 Å². The number of aryl methyl sites for hydroxylation is 3. The van der Waals surface area contributed by atoms with Gasteiger partial charge < -0.3 is 10.1 Å². The quantitative estimate of drug-likeness (QED) is 0.916. The van der Waals surface area contributed by atoms with Gasteiger partial charge in [0.25, 0.3) is 5.91 Å². The molecular formula is C16H19NO2S. The Balaban J connectivity index is 2.25. The molecule has 106 valence electrons. The second-order valence-corrected chi connectivity index (χ2v) is 5.87. The lowest BCUT2D eigenvalue weighted by molar-refractivity contribution is 0.103. The maximum atomic E-state index is 12.3. The summed E-state index contributed by atoms with van der Waals surface area (Å²) in [6.45, 7) is 6.13. The minimum absolute atomic E-state index is 0.0818. The summed E-state index contributed by atoms with van der Waals surface area (Å²) in [5.41, 5.74) is 2.97. The van der Waals surface area contributed by atoms with Crippen LogP contribution in [0.1, 0.15) is 32.6 Å². The van der Waals surface area contributed by atoms with Gasteiger partial charge in [-0.15, -0.1) is 11.3 Å². The molecule has 20 heavy (non-hydrogen) atoms. The van der Waals surface area contributed by atoms with Crippen molar-refractivity contribution in [3.8, 4) is 5.75 Å². The molecule has 0 aliphatic heterocycles. The Bertz CT molecular complexity index is 631. The first-order valence-electron chi connectivity index (χ1n) is 6.60. The molecule has 1 amide bonds. The summed E-state index contributed by atoms with van der Waals surface area (Å²) in [6.07, 6.45) is 0.956. The van der Waals surface area contributed by atoms with Crippen molar-refractivity contribution in [3.05, 3.63) is 45.1 Å². The molecule has 4 heteroatoms. The van der Waals surface area contributed by atoms with Crippen LogP contribution in [0.25, 0.3) is 0 Å². The van der Waals surface area contributed by atoms with Gasteiger partial charge in [0.05, 0.1) is 17.7 Å². The standard InChI is InChI=1S/C16H19NO2S/c1-5-14-11(3)9-15(20-14)16(18)17-12-8-10(2)6-7-13(12)19-4/h6-9H,5H2,1-4H3,(H,17,18). The molecule has 0 fully saturated rings. The molecule has 2 aromatic rings. The van der Waals surface area contributed by atoms with Gasteiger partial charge in [0.15, 0.2) is 0 Å². The molecule has 1 aromatic heterocycles. The van der Waals surface area contributed by atoms with Crippen molar-refractivity contribution in [2.45, 2.75) is 27.2 Å². The van der Waals surface area contributed by atoms with Crippen molar-refractivity contribution in [1.29, 1.82) is 0 Å². The fraction of sp³-hybridized carbons (Fsp3) is 0.312. The van der Waals surface area contributed by atoms with Crippen LogP contribution in [0.5, 0.6) is 5.75 Å². The predicted octanol–water partition coefficient (Wildman–Crippen LogP) is 4.19. The monoisotopic (exact) mass is 289 g/mol. The van der Waals surface area contributed by atoms with Gasteiger partial charge in [-0.05, 0) is 49.6 Å². The maximum Gasteiger partial charge on any atom is 0.265 e. The highest BCUT2D eigenvalue weighted by molar-refractivity contribution is 7.14. The second-order valence-electron chi connectivity index (χ2n) is 4.73. The Morgan fingerprint density at radius 1 is 1.30 bits per heavy atom. The second kappa shape index (κ2) is 6.09. The molecule has 0 spiro atoms. The van der Waals surface area contributed by atoms with Crippen LogP contribution in [0.4, 0.5) is 5.69 Å². The van der Waals surface area contributed by atoms with Crippen LogP contribution in [-0.4, -0.2) is 13.0 Å². The van der Waals surface area contributed by atoms with Crippen molar-refractivity contribution >= 4 is 22.9 Å². The average molecular weight is 289 g/mol. The zero-order chi connectivity index (χ0) is 14.7. The van der Waals surface area contributed by atoms with E-state index < -0.39 is 0 Å². The van der Waals surface area contributed by atoms with E-state index >= 15 is 0 Å². The van der Waals surface area contributed by atoms with Crippen LogP contribution in [0.2, 0.25) is 0 Å². The zero-order valence-corrected chi connectivity index (χ0v) is 13.1. The number of benzene rings is 1. The summed E-state index contributed by atoms with van der Waals surface area (Å²) in [5, 5.41) is 2.93. The fourth-order valence-electron chi connectivity index (χ4n) is 2.09. The number of carbonyl (C=O) groups is 1. The molecule has 0 saturated heterocycles. The number of amides is 1. The van der Waals surface area contributed by atoms with E-state index in [1.807, 2.05) is 38.1 Å². The normalized spacial score (nSPS) is 10.4. The number of rotatable bonds is 4. The third kappa shape index (κ3) is 3.02. The van der Waals surface area contributed by atoms with Gasteiger partial charge in [0.2, 0.25) is 0 Å². The lowest BCUT2D eigenvalue weighted by atomic mass is 10.2. The maximum absolute atomic E-state index is 12.3. The highest BCUT2D eigenvalue weighted by Gasteiger charge is 2.14. The number of hydrogen-bond donors (Lipinski definition) is 1. The number of carbonyl (C=O) groups excluding carboxylic acids is 1. The van der Waals surface area contributed by atoms with E-state index in [9.17, 15) is 4.79 Å². The molecule has 0 saturated carbocycles. The lowest BCUT2D eigenvalue weighted by Gasteiger charge is -2.10. The first-order valence-corrected chi connectivity index (χ1v) is 7.42. The Morgan fingerprint density at radius 3 is 2.65 bits per heavy atom. The van der Waals surface area contributed by atoms with Gasteiger partial charge >= 0.3 is 0 Å². The molecule has 0 bridgehead atoms. The van der Waals surface area contributed by atoms with E-state index in [1.54, 1.807) is 18.4 Å². The predicted molar refractivity (Wildman–Crippen MR) is 84.1 cm³/mol. The Labute approximate surface area is 123 Å². The summed E-state index contributed by atoms with van der Waals surface area (Å²) in [4.78, 5) is 14.3. The van der Waals surface area contributed by atoms with Crippen LogP contribution in [-0.2, 0) is 6.42 Å². The first kappa shape index (κ1) is 14.6. The number of anilines is 1. The molecule has 0 atom stereocenters. The van der Waals surface area contributed by atoms with Gasteiger partial charge in [-0.1, -0.05) is 13.0 Å². The van der Waals surface area contributed by atoms with Gasteiger partial charge in [0, 0.05) is 4.88 Å². The summed E-state index contributed by atoms with van der Waals surface area (Å²) >= 11 is 1.55. The summed E-state index contributed by atoms with van der Waals surface area (Å²) in [5.74, 6) is 0.592. The van der Waals surface area contributed by atoms with E-state index in [2.05, 4.69) is 12.2 Å². The van der Waals surface area contributed by atoms with Gasteiger partial charge in [-0.3, -0.25) is 4.79 Å². The number of hydrogen-bond acceptors (Lipinski definition) is 3. The average Bonchev–Trinajstić information content (AvgIpc) is 2.80. The van der Waals surface area contributed by atoms with Gasteiger partial charge in [-0.2, -0.15) is 0 Å². The van der Waals surface area contributed by atoms with Crippen molar-refractivity contribution in [2.24, 2.45) is 0 Å². The Morgan fingerprint density at radius 2 is 2.05 bits per heavy atom. The van der Waals surface area contributed by atoms with Crippen LogP contribution in [0.3, 0.4) is 0 Å². The summed E-state index contributed by atoms with van der Waals surface area (Å²) in [7, 11) is 1.60. The largest absolute Gasteiger partial charge is 0.495 e. The summed E-state index contributed by atoms with van der Waals surface area (Å²) < 4.78 is 5.28. The minimum atomic E-state index is -0.0818. The summed E-state index contributed by atoms with van der Waals surface area (Å²) in [6, 6.07) is 7.68. The van der Waals surface area contributed by atoms with Gasteiger partial charge in [0.1, 0.15) is 5.75 Å². The third-order valence-corrected chi connectivity index (χ3v) is 4.55. The van der Waals surface area contributed by atoms with E-state index in [4.69, 9.17) is 4.74 Å². The lowest BCUT2D eigenvalue weighted by Crippen LogP contribution is -2.11. The Kier molecular flexibility index (Phi) is 4.45. The Hall–Kier alpha value is -1.81. The molecule has 3 nitrogen and oxygen atoms in total. The van der Waals surface area contributed by atoms with Crippen molar-refractivity contribution in [2.75, 3.05) is 12.4 Å². The number of methoxy groups -OCH3 is 1. The molecule has 0 aliphatic carbocycles. The minimum Gasteiger partial charge on any atom is -0.495 e. The first-order chi connectivity index (χ1) is 9.55. The topological polar surface area (TPSA) is 38.3 Å². The highest BCUT2D eigenvalue weighted by atomic mass is 32.1. The van der Waals surface area contributed by atoms with Crippen LogP contribution >= 0.6 is 11.3 Å². The fourth-order valence-corrected chi connectivity index (χ4v) is 3.10. The van der Waals surface area contributed by atoms with E-state index in [0.29, 0.717) is 11.4 Å². The highest BCUT2D eigenvalue weighted by Crippen LogP contribution is 2.28. The molecule has 0 aliphatic rings. The smallest absolute Gasteiger partial charge is 0.265 e. The SMILES string of the molecule is CCc1sc(C(=O)Nc2cc(C)ccc2OC)cc1C. The number of nitrogens with one attached hydrogen (secondary N) is 1. The van der Waals surface area contributed by atoms with Crippen molar-refractivity contribution in [3.63, 3.8) is 0 Å². The molecule has 0 unspecified atom stereocenters. The number of ether oxygens (including phenoxy) is 1. The van der Waals surface area contributed by atoms with E-state index in [1.165, 1.54) is 10.4 Å². The molecule has 1 heterocycles. The molecule has 0 radical (unpaired) electrons. The van der Waals surface area contributed by atoms with Crippen LogP contribution in [0.15, 0.2) is 24.3 Å². The van der Waals surface area contributed by atoms with Crippen molar-refractivity contribution < 1.29 is 9.53 Å². The van der Waals surface area contributed by atoms with E-state index in [-0.39, 0.29) is 5.91 Å². The molecule has 1 aromatic carbocycles. The molecule has 1 N–H and O–H groups in total. The zero-order valence-electron chi connectivity index (χ0n) is 12.2. The van der Waals surface area contributed by atoms with Crippen LogP contribution < -0.4 is 10.1 Å². The van der Waals surface area contributed by atoms with Gasteiger partial charge in [-0.25, -0.2) is 0 Å². The van der Waals surface area contributed by atoms with Crippen LogP contribution in [0, 0.1) is 13.8 Å².